The minimum Gasteiger partial charge on any atom is -0.374 e. The maximum atomic E-state index is 5.95. The summed E-state index contributed by atoms with van der Waals surface area (Å²) in [6.07, 6.45) is 13.1. The third-order valence-corrected chi connectivity index (χ3v) is 6.69. The van der Waals surface area contributed by atoms with E-state index >= 15 is 0 Å². The van der Waals surface area contributed by atoms with E-state index in [4.69, 9.17) is 19.9 Å². The molecule has 0 aliphatic carbocycles. The Morgan fingerprint density at radius 1 is 0.875 bits per heavy atom. The zero-order valence-corrected chi connectivity index (χ0v) is 21.1. The van der Waals surface area contributed by atoms with E-state index in [0.29, 0.717) is 6.54 Å². The number of rotatable bonds is 20. The Labute approximate surface area is 197 Å². The molecule has 5 nitrogen and oxygen atoms in total. The van der Waals surface area contributed by atoms with Crippen molar-refractivity contribution in [3.8, 4) is 0 Å². The number of hydrogen-bond acceptors (Lipinski definition) is 5. The monoisotopic (exact) mass is 448 g/mol. The van der Waals surface area contributed by atoms with Crippen molar-refractivity contribution < 1.29 is 14.2 Å². The second-order valence-electron chi connectivity index (χ2n) is 8.75. The van der Waals surface area contributed by atoms with Crippen LogP contribution in [-0.2, 0) is 20.8 Å². The van der Waals surface area contributed by atoms with Crippen LogP contribution in [0.5, 0.6) is 0 Å². The Morgan fingerprint density at radius 3 is 2.03 bits per heavy atom. The molecule has 0 aromatic heterocycles. The summed E-state index contributed by atoms with van der Waals surface area (Å²) < 4.78 is 17.8. The summed E-state index contributed by atoms with van der Waals surface area (Å²) >= 11 is 0. The quantitative estimate of drug-likeness (QED) is 0.193. The maximum Gasteiger partial charge on any atom is 0.288 e. The molecule has 0 fully saturated rings. The molecule has 1 aromatic carbocycles. The predicted molar refractivity (Wildman–Crippen MR) is 134 cm³/mol. The molecule has 1 atom stereocenters. The van der Waals surface area contributed by atoms with Gasteiger partial charge >= 0.3 is 0 Å². The lowest BCUT2D eigenvalue weighted by atomic mass is 9.72. The van der Waals surface area contributed by atoms with Crippen LogP contribution in [0.1, 0.15) is 76.7 Å². The summed E-state index contributed by atoms with van der Waals surface area (Å²) in [5, 5.41) is 0. The number of unbranched alkanes of at least 4 members (excludes halogenated alkanes) is 5. The molecule has 32 heavy (non-hydrogen) atoms. The van der Waals surface area contributed by atoms with Gasteiger partial charge in [-0.3, -0.25) is 0 Å². The van der Waals surface area contributed by atoms with Crippen LogP contribution in [0.4, 0.5) is 0 Å². The van der Waals surface area contributed by atoms with Crippen molar-refractivity contribution in [3.63, 3.8) is 0 Å². The second kappa shape index (κ2) is 16.2. The van der Waals surface area contributed by atoms with Crippen molar-refractivity contribution in [1.29, 1.82) is 0 Å². The molecular formula is C27H48N2O3. The lowest BCUT2D eigenvalue weighted by Crippen LogP contribution is -2.54. The first kappa shape index (κ1) is 28.6. The van der Waals surface area contributed by atoms with Gasteiger partial charge in [-0.15, -0.1) is 0 Å². The van der Waals surface area contributed by atoms with E-state index in [0.717, 1.165) is 45.2 Å². The van der Waals surface area contributed by atoms with E-state index in [9.17, 15) is 0 Å². The highest BCUT2D eigenvalue weighted by Crippen LogP contribution is 2.47. The van der Waals surface area contributed by atoms with Crippen LogP contribution in [-0.4, -0.2) is 45.3 Å². The summed E-state index contributed by atoms with van der Waals surface area (Å²) in [4.78, 5) is 2.26. The van der Waals surface area contributed by atoms with Gasteiger partial charge in [0.15, 0.2) is 0 Å². The van der Waals surface area contributed by atoms with Crippen molar-refractivity contribution >= 4 is 0 Å². The molecule has 0 aliphatic heterocycles. The highest BCUT2D eigenvalue weighted by atomic mass is 16.9. The molecule has 0 aliphatic rings. The van der Waals surface area contributed by atoms with Gasteiger partial charge in [0, 0.05) is 34.4 Å². The first-order valence-corrected chi connectivity index (χ1v) is 12.3. The van der Waals surface area contributed by atoms with Gasteiger partial charge in [-0.05, 0) is 44.0 Å². The van der Waals surface area contributed by atoms with Crippen LogP contribution in [0.3, 0.4) is 0 Å². The van der Waals surface area contributed by atoms with Crippen molar-refractivity contribution in [2.45, 2.75) is 83.6 Å². The zero-order valence-electron chi connectivity index (χ0n) is 21.1. The number of methoxy groups -OCH3 is 3. The number of nitrogens with zero attached hydrogens (tertiary/aromatic N) is 1. The minimum atomic E-state index is -1.09. The molecule has 0 amide bonds. The predicted octanol–water partition coefficient (Wildman–Crippen LogP) is 6.09. The van der Waals surface area contributed by atoms with Gasteiger partial charge in [0.1, 0.15) is 0 Å². The van der Waals surface area contributed by atoms with Crippen LogP contribution in [0.2, 0.25) is 0 Å². The SMILES string of the molecule is C=CN(CCC(CCCN)(CCCCCCCC)C(OC)(OC)OC)Cc1ccccc1. The third-order valence-electron chi connectivity index (χ3n) is 6.69. The third kappa shape index (κ3) is 8.51. The van der Waals surface area contributed by atoms with Crippen LogP contribution < -0.4 is 5.73 Å². The summed E-state index contributed by atoms with van der Waals surface area (Å²) in [7, 11) is 5.04. The summed E-state index contributed by atoms with van der Waals surface area (Å²) in [6, 6.07) is 10.5. The first-order chi connectivity index (χ1) is 15.6. The average molecular weight is 449 g/mol. The Kier molecular flexibility index (Phi) is 14.5. The fourth-order valence-electron chi connectivity index (χ4n) is 4.83. The largest absolute Gasteiger partial charge is 0.374 e. The van der Waals surface area contributed by atoms with Gasteiger partial charge in [-0.2, -0.15) is 0 Å². The van der Waals surface area contributed by atoms with Gasteiger partial charge in [0.05, 0.1) is 5.41 Å². The number of hydrogen-bond donors (Lipinski definition) is 1. The van der Waals surface area contributed by atoms with Crippen LogP contribution in [0, 0.1) is 5.41 Å². The van der Waals surface area contributed by atoms with Crippen molar-refractivity contribution in [2.75, 3.05) is 34.4 Å². The topological polar surface area (TPSA) is 57.0 Å². The van der Waals surface area contributed by atoms with E-state index in [1.165, 1.54) is 37.7 Å². The molecule has 0 radical (unpaired) electrons. The molecular weight excluding hydrogens is 400 g/mol. The van der Waals surface area contributed by atoms with Crippen LogP contribution in [0.25, 0.3) is 0 Å². The Balaban J connectivity index is 3.03. The summed E-state index contributed by atoms with van der Waals surface area (Å²) in [5.41, 5.74) is 6.92. The Hall–Kier alpha value is -1.40. The van der Waals surface area contributed by atoms with E-state index in [2.05, 4.69) is 42.7 Å². The molecule has 1 unspecified atom stereocenters. The molecule has 0 saturated heterocycles. The summed E-state index contributed by atoms with van der Waals surface area (Å²) in [5.74, 6) is -1.09. The molecule has 0 spiro atoms. The lowest BCUT2D eigenvalue weighted by Gasteiger charge is -2.48. The van der Waals surface area contributed by atoms with E-state index in [1.54, 1.807) is 21.3 Å². The molecule has 5 heteroatoms. The smallest absolute Gasteiger partial charge is 0.288 e. The molecule has 0 saturated carbocycles. The van der Waals surface area contributed by atoms with Gasteiger partial charge in [0.25, 0.3) is 5.97 Å². The number of ether oxygens (including phenoxy) is 3. The van der Waals surface area contributed by atoms with Gasteiger partial charge < -0.3 is 24.8 Å². The van der Waals surface area contributed by atoms with Crippen molar-refractivity contribution in [3.05, 3.63) is 48.7 Å². The Bertz CT molecular complexity index is 584. The average Bonchev–Trinajstić information content (AvgIpc) is 2.84. The van der Waals surface area contributed by atoms with E-state index in [-0.39, 0.29) is 5.41 Å². The van der Waals surface area contributed by atoms with Gasteiger partial charge in [-0.25, -0.2) is 0 Å². The first-order valence-electron chi connectivity index (χ1n) is 12.3. The number of benzene rings is 1. The standard InChI is InChI=1S/C27H48N2O3/c1-6-8-9-10-11-15-19-26(20-16-22-28,27(30-3,31-4)32-5)21-23-29(7-2)24-25-17-13-12-14-18-25/h7,12-14,17-18H,2,6,8-11,15-16,19-24,28H2,1,3-5H3. The molecule has 1 aromatic rings. The summed E-state index contributed by atoms with van der Waals surface area (Å²) in [6.45, 7) is 8.62. The van der Waals surface area contributed by atoms with E-state index < -0.39 is 5.97 Å². The van der Waals surface area contributed by atoms with Crippen molar-refractivity contribution in [1.82, 2.24) is 4.90 Å². The van der Waals surface area contributed by atoms with Crippen molar-refractivity contribution in [2.24, 2.45) is 11.1 Å². The molecule has 184 valence electrons. The Morgan fingerprint density at radius 2 is 1.47 bits per heavy atom. The number of nitrogens with two attached hydrogens (primary N) is 1. The van der Waals surface area contributed by atoms with E-state index in [1.807, 2.05) is 12.3 Å². The highest BCUT2D eigenvalue weighted by molar-refractivity contribution is 5.14. The fourth-order valence-corrected chi connectivity index (χ4v) is 4.83. The minimum absolute atomic E-state index is 0.298. The maximum absolute atomic E-state index is 5.95. The molecule has 1 rings (SSSR count). The fraction of sp³-hybridized carbons (Fsp3) is 0.704. The van der Waals surface area contributed by atoms with Gasteiger partial charge in [-0.1, -0.05) is 82.4 Å². The molecule has 2 N–H and O–H groups in total. The molecule has 0 heterocycles. The van der Waals surface area contributed by atoms with Crippen LogP contribution >= 0.6 is 0 Å². The van der Waals surface area contributed by atoms with Crippen LogP contribution in [0.15, 0.2) is 43.1 Å². The molecule has 0 bridgehead atoms. The second-order valence-corrected chi connectivity index (χ2v) is 8.75. The highest BCUT2D eigenvalue weighted by Gasteiger charge is 2.52. The lowest BCUT2D eigenvalue weighted by molar-refractivity contribution is -0.411. The zero-order chi connectivity index (χ0) is 23.7. The van der Waals surface area contributed by atoms with Gasteiger partial charge in [0.2, 0.25) is 0 Å². The normalized spacial score (nSPS) is 13.7.